The maximum Gasteiger partial charge on any atom is 0.343 e. The van der Waals surface area contributed by atoms with Gasteiger partial charge in [0.25, 0.3) is 0 Å². The van der Waals surface area contributed by atoms with Crippen LogP contribution in [0, 0.1) is 0 Å². The van der Waals surface area contributed by atoms with Crippen molar-refractivity contribution in [2.45, 2.75) is 19.3 Å². The lowest BCUT2D eigenvalue weighted by Gasteiger charge is -2.22. The smallest absolute Gasteiger partial charge is 0.343 e. The predicted molar refractivity (Wildman–Crippen MR) is 86.3 cm³/mol. The zero-order valence-corrected chi connectivity index (χ0v) is 12.9. The number of benzene rings is 2. The highest BCUT2D eigenvalue weighted by Gasteiger charge is 2.33. The molecule has 0 radical (unpaired) electrons. The zero-order valence-electron chi connectivity index (χ0n) is 12.9. The van der Waals surface area contributed by atoms with Crippen LogP contribution in [0.15, 0.2) is 54.6 Å². The number of fused-ring (bicyclic) bond motifs is 1. The first-order chi connectivity index (χ1) is 10.9. The molecule has 2 aromatic carbocycles. The number of carbonyl (C=O) groups excluding carboxylic acids is 1. The number of aromatic nitrogens is 1. The van der Waals surface area contributed by atoms with Crippen LogP contribution in [0.4, 0.5) is 0 Å². The molecule has 0 aliphatic carbocycles. The van der Waals surface area contributed by atoms with E-state index in [9.17, 15) is 15.0 Å². The van der Waals surface area contributed by atoms with Crippen LogP contribution in [0.3, 0.4) is 0 Å². The molecule has 0 aliphatic rings. The standard InChI is InChI=1S/C18H17NO4/c1-18(2,12-8-4-3-5-9-12)17(22)23-19-15(20)13-10-6-7-11-14(13)16(19)21/h3-11,20-21H,1-2H3. The first-order valence-corrected chi connectivity index (χ1v) is 7.22. The minimum atomic E-state index is -0.934. The van der Waals surface area contributed by atoms with E-state index in [0.29, 0.717) is 10.8 Å². The molecule has 118 valence electrons. The summed E-state index contributed by atoms with van der Waals surface area (Å²) in [7, 11) is 0. The van der Waals surface area contributed by atoms with Crippen LogP contribution < -0.4 is 4.84 Å². The van der Waals surface area contributed by atoms with Crippen LogP contribution in [0.2, 0.25) is 0 Å². The highest BCUT2D eigenvalue weighted by molar-refractivity contribution is 5.93. The van der Waals surface area contributed by atoms with E-state index in [-0.39, 0.29) is 11.8 Å². The lowest BCUT2D eigenvalue weighted by Crippen LogP contribution is -2.36. The molecule has 0 bridgehead atoms. The number of rotatable bonds is 3. The molecule has 23 heavy (non-hydrogen) atoms. The van der Waals surface area contributed by atoms with E-state index < -0.39 is 11.4 Å². The molecule has 5 nitrogen and oxygen atoms in total. The van der Waals surface area contributed by atoms with E-state index in [1.807, 2.05) is 30.3 Å². The van der Waals surface area contributed by atoms with Gasteiger partial charge in [0.1, 0.15) is 0 Å². The van der Waals surface area contributed by atoms with Crippen molar-refractivity contribution in [2.75, 3.05) is 0 Å². The lowest BCUT2D eigenvalue weighted by molar-refractivity contribution is -0.151. The molecule has 0 fully saturated rings. The summed E-state index contributed by atoms with van der Waals surface area (Å²) in [5.74, 6) is -1.21. The number of hydrogen-bond acceptors (Lipinski definition) is 4. The number of aromatic hydroxyl groups is 2. The summed E-state index contributed by atoms with van der Waals surface area (Å²) in [6.45, 7) is 3.45. The number of nitrogens with zero attached hydrogens (tertiary/aromatic N) is 1. The Morgan fingerprint density at radius 2 is 1.39 bits per heavy atom. The van der Waals surface area contributed by atoms with E-state index in [2.05, 4.69) is 0 Å². The van der Waals surface area contributed by atoms with Gasteiger partial charge >= 0.3 is 5.97 Å². The van der Waals surface area contributed by atoms with Gasteiger partial charge in [0.15, 0.2) is 0 Å². The van der Waals surface area contributed by atoms with Crippen LogP contribution >= 0.6 is 0 Å². The van der Waals surface area contributed by atoms with Crippen LogP contribution in [-0.2, 0) is 10.2 Å². The van der Waals surface area contributed by atoms with E-state index in [1.165, 1.54) is 0 Å². The first kappa shape index (κ1) is 15.0. The second-order valence-corrected chi connectivity index (χ2v) is 5.86. The summed E-state index contributed by atoms with van der Waals surface area (Å²) >= 11 is 0. The Bertz CT molecular complexity index is 826. The Morgan fingerprint density at radius 1 is 0.913 bits per heavy atom. The van der Waals surface area contributed by atoms with Crippen LogP contribution in [-0.4, -0.2) is 20.9 Å². The summed E-state index contributed by atoms with van der Waals surface area (Å²) in [4.78, 5) is 17.8. The maximum atomic E-state index is 12.6. The van der Waals surface area contributed by atoms with Gasteiger partial charge in [0.05, 0.1) is 16.2 Å². The van der Waals surface area contributed by atoms with E-state index in [1.54, 1.807) is 38.1 Å². The Hall–Kier alpha value is -2.95. The van der Waals surface area contributed by atoms with Gasteiger partial charge in [-0.2, -0.15) is 0 Å². The monoisotopic (exact) mass is 311 g/mol. The Labute approximate surface area is 133 Å². The number of carbonyl (C=O) groups is 1. The predicted octanol–water partition coefficient (Wildman–Crippen LogP) is 2.99. The summed E-state index contributed by atoms with van der Waals surface area (Å²) in [5.41, 5.74) is -0.156. The molecule has 0 aliphatic heterocycles. The summed E-state index contributed by atoms with van der Waals surface area (Å²) in [6.07, 6.45) is 0. The van der Waals surface area contributed by atoms with E-state index in [0.717, 1.165) is 10.3 Å². The summed E-state index contributed by atoms with van der Waals surface area (Å²) < 4.78 is 0.762. The van der Waals surface area contributed by atoms with Crippen molar-refractivity contribution in [1.82, 2.24) is 4.73 Å². The second-order valence-electron chi connectivity index (χ2n) is 5.86. The average Bonchev–Trinajstić information content (AvgIpc) is 2.81. The minimum absolute atomic E-state index is 0.310. The van der Waals surface area contributed by atoms with Gasteiger partial charge in [-0.05, 0) is 31.5 Å². The van der Waals surface area contributed by atoms with Crippen molar-refractivity contribution in [1.29, 1.82) is 0 Å². The normalized spacial score (nSPS) is 11.6. The minimum Gasteiger partial charge on any atom is -0.492 e. The van der Waals surface area contributed by atoms with Gasteiger partial charge in [0, 0.05) is 0 Å². The van der Waals surface area contributed by atoms with Gasteiger partial charge in [-0.1, -0.05) is 42.5 Å². The Balaban J connectivity index is 1.98. The second kappa shape index (κ2) is 5.35. The van der Waals surface area contributed by atoms with Crippen molar-refractivity contribution in [3.05, 3.63) is 60.2 Å². The van der Waals surface area contributed by atoms with E-state index in [4.69, 9.17) is 4.84 Å². The summed E-state index contributed by atoms with van der Waals surface area (Å²) in [6, 6.07) is 15.9. The topological polar surface area (TPSA) is 71.7 Å². The lowest BCUT2D eigenvalue weighted by atomic mass is 9.85. The molecule has 0 unspecified atom stereocenters. The molecule has 5 heteroatoms. The van der Waals surface area contributed by atoms with Gasteiger partial charge in [-0.25, -0.2) is 4.79 Å². The molecule has 0 amide bonds. The molecular formula is C18H17NO4. The quantitative estimate of drug-likeness (QED) is 0.780. The van der Waals surface area contributed by atoms with Crippen molar-refractivity contribution < 1.29 is 19.8 Å². The Morgan fingerprint density at radius 3 is 1.91 bits per heavy atom. The Kier molecular flexibility index (Phi) is 3.48. The fourth-order valence-corrected chi connectivity index (χ4v) is 2.45. The third-order valence-electron chi connectivity index (χ3n) is 3.97. The molecule has 2 N–H and O–H groups in total. The third-order valence-corrected chi connectivity index (χ3v) is 3.97. The molecule has 0 saturated carbocycles. The molecule has 0 saturated heterocycles. The third kappa shape index (κ3) is 2.40. The fraction of sp³-hybridized carbons (Fsp3) is 0.167. The largest absolute Gasteiger partial charge is 0.492 e. The van der Waals surface area contributed by atoms with Crippen LogP contribution in [0.1, 0.15) is 19.4 Å². The van der Waals surface area contributed by atoms with Crippen LogP contribution in [0.5, 0.6) is 11.8 Å². The van der Waals surface area contributed by atoms with E-state index >= 15 is 0 Å². The van der Waals surface area contributed by atoms with Crippen molar-refractivity contribution >= 4 is 16.7 Å². The van der Waals surface area contributed by atoms with Gasteiger partial charge in [-0.15, -0.1) is 4.73 Å². The maximum absolute atomic E-state index is 12.6. The van der Waals surface area contributed by atoms with Crippen molar-refractivity contribution in [2.24, 2.45) is 0 Å². The summed E-state index contributed by atoms with van der Waals surface area (Å²) in [5, 5.41) is 21.2. The molecular weight excluding hydrogens is 294 g/mol. The highest BCUT2D eigenvalue weighted by atomic mass is 16.7. The van der Waals surface area contributed by atoms with Crippen molar-refractivity contribution in [3.8, 4) is 11.8 Å². The molecule has 0 spiro atoms. The van der Waals surface area contributed by atoms with Gasteiger partial charge in [-0.3, -0.25) is 0 Å². The molecule has 0 atom stereocenters. The average molecular weight is 311 g/mol. The van der Waals surface area contributed by atoms with Gasteiger partial charge < -0.3 is 15.1 Å². The number of hydrogen-bond donors (Lipinski definition) is 2. The molecule has 3 rings (SSSR count). The van der Waals surface area contributed by atoms with Crippen LogP contribution in [0.25, 0.3) is 10.8 Å². The highest BCUT2D eigenvalue weighted by Crippen LogP contribution is 2.35. The zero-order chi connectivity index (χ0) is 16.6. The molecule has 3 aromatic rings. The fourth-order valence-electron chi connectivity index (χ4n) is 2.45. The molecule has 1 heterocycles. The van der Waals surface area contributed by atoms with Gasteiger partial charge in [0.2, 0.25) is 11.8 Å². The molecule has 1 aromatic heterocycles. The first-order valence-electron chi connectivity index (χ1n) is 7.22. The van der Waals surface area contributed by atoms with Crippen molar-refractivity contribution in [3.63, 3.8) is 0 Å². The SMILES string of the molecule is CC(C)(C(=O)On1c(O)c2ccccc2c1O)c1ccccc1.